The Bertz CT molecular complexity index is 759. The molecule has 8 heteroatoms. The molecule has 1 aromatic carbocycles. The van der Waals surface area contributed by atoms with Crippen molar-refractivity contribution in [3.05, 3.63) is 28.7 Å². The molecule has 1 fully saturated rings. The number of hydrogen-bond donors (Lipinski definition) is 1. The Balaban J connectivity index is 1.65. The summed E-state index contributed by atoms with van der Waals surface area (Å²) < 4.78 is 10.6. The number of ether oxygens (including phenoxy) is 2. The normalized spacial score (nSPS) is 17.7. The first kappa shape index (κ1) is 17.3. The SMILES string of the molecule is CC(C)C(=O)NCCN1C(=O)S/C(=C\c2ccc3c(c2)OCO3)C1=O. The maximum atomic E-state index is 12.4. The van der Waals surface area contributed by atoms with Crippen molar-refractivity contribution in [3.8, 4) is 11.5 Å². The summed E-state index contributed by atoms with van der Waals surface area (Å²) in [5.41, 5.74) is 0.753. The molecule has 0 aromatic heterocycles. The third kappa shape index (κ3) is 3.79. The quantitative estimate of drug-likeness (QED) is 0.809. The second-order valence-electron chi connectivity index (χ2n) is 5.89. The van der Waals surface area contributed by atoms with Gasteiger partial charge in [-0.15, -0.1) is 0 Å². The van der Waals surface area contributed by atoms with Crippen molar-refractivity contribution in [1.29, 1.82) is 0 Å². The summed E-state index contributed by atoms with van der Waals surface area (Å²) in [6, 6.07) is 5.32. The number of benzene rings is 1. The highest BCUT2D eigenvalue weighted by Crippen LogP contribution is 2.36. The van der Waals surface area contributed by atoms with E-state index in [9.17, 15) is 14.4 Å². The minimum absolute atomic E-state index is 0.108. The fourth-order valence-electron chi connectivity index (χ4n) is 2.34. The van der Waals surface area contributed by atoms with E-state index in [1.807, 2.05) is 0 Å². The molecule has 3 rings (SSSR count). The van der Waals surface area contributed by atoms with Crippen molar-refractivity contribution in [2.24, 2.45) is 5.92 Å². The first-order chi connectivity index (χ1) is 12.0. The number of amides is 3. The molecule has 0 atom stereocenters. The first-order valence-corrected chi connectivity index (χ1v) is 8.70. The number of imide groups is 1. The van der Waals surface area contributed by atoms with Crippen LogP contribution < -0.4 is 14.8 Å². The van der Waals surface area contributed by atoms with Crippen LogP contribution in [0.25, 0.3) is 6.08 Å². The summed E-state index contributed by atoms with van der Waals surface area (Å²) in [7, 11) is 0. The Morgan fingerprint density at radius 1 is 1.32 bits per heavy atom. The molecule has 1 N–H and O–H groups in total. The van der Waals surface area contributed by atoms with Crippen LogP contribution in [0.4, 0.5) is 4.79 Å². The lowest BCUT2D eigenvalue weighted by atomic mass is 10.2. The molecule has 2 heterocycles. The lowest BCUT2D eigenvalue weighted by Crippen LogP contribution is -2.38. The Morgan fingerprint density at radius 2 is 2.08 bits per heavy atom. The van der Waals surface area contributed by atoms with Crippen LogP contribution in [0.5, 0.6) is 11.5 Å². The van der Waals surface area contributed by atoms with Gasteiger partial charge in [-0.3, -0.25) is 19.3 Å². The van der Waals surface area contributed by atoms with Gasteiger partial charge in [0.15, 0.2) is 11.5 Å². The number of carbonyl (C=O) groups excluding carboxylic acids is 3. The molecule has 7 nitrogen and oxygen atoms in total. The Labute approximate surface area is 149 Å². The third-order valence-corrected chi connectivity index (χ3v) is 4.63. The van der Waals surface area contributed by atoms with Gasteiger partial charge in [0.1, 0.15) is 0 Å². The zero-order chi connectivity index (χ0) is 18.0. The summed E-state index contributed by atoms with van der Waals surface area (Å²) in [6.07, 6.45) is 1.65. The van der Waals surface area contributed by atoms with E-state index in [0.717, 1.165) is 22.2 Å². The minimum atomic E-state index is -0.355. The maximum absolute atomic E-state index is 12.4. The molecule has 2 aliphatic heterocycles. The molecule has 25 heavy (non-hydrogen) atoms. The molecule has 1 aromatic rings. The molecular weight excluding hydrogens is 344 g/mol. The fourth-order valence-corrected chi connectivity index (χ4v) is 3.21. The highest BCUT2D eigenvalue weighted by Gasteiger charge is 2.34. The molecular formula is C17H18N2O5S. The predicted octanol–water partition coefficient (Wildman–Crippen LogP) is 2.22. The standard InChI is InChI=1S/C17H18N2O5S/c1-10(2)15(20)18-5-6-19-16(21)14(25-17(19)22)8-11-3-4-12-13(7-11)24-9-23-12/h3-4,7-8,10H,5-6,9H2,1-2H3,(H,18,20)/b14-8-. The topological polar surface area (TPSA) is 84.9 Å². The summed E-state index contributed by atoms with van der Waals surface area (Å²) in [5, 5.41) is 2.36. The van der Waals surface area contributed by atoms with Gasteiger partial charge in [-0.25, -0.2) is 0 Å². The summed E-state index contributed by atoms with van der Waals surface area (Å²) in [5.74, 6) is 0.672. The van der Waals surface area contributed by atoms with Crippen LogP contribution in [-0.4, -0.2) is 41.8 Å². The van der Waals surface area contributed by atoms with E-state index in [-0.39, 0.29) is 42.9 Å². The molecule has 0 unspecified atom stereocenters. The van der Waals surface area contributed by atoms with Crippen LogP contribution in [0.15, 0.2) is 23.1 Å². The molecule has 3 amide bonds. The van der Waals surface area contributed by atoms with Crippen molar-refractivity contribution >= 4 is 34.9 Å². The van der Waals surface area contributed by atoms with E-state index >= 15 is 0 Å². The van der Waals surface area contributed by atoms with Crippen molar-refractivity contribution in [2.45, 2.75) is 13.8 Å². The van der Waals surface area contributed by atoms with E-state index < -0.39 is 0 Å². The lowest BCUT2D eigenvalue weighted by molar-refractivity contribution is -0.125. The van der Waals surface area contributed by atoms with Gasteiger partial charge in [0.2, 0.25) is 12.7 Å². The van der Waals surface area contributed by atoms with Crippen LogP contribution in [0, 0.1) is 5.92 Å². The Morgan fingerprint density at radius 3 is 2.84 bits per heavy atom. The fraction of sp³-hybridized carbons (Fsp3) is 0.353. The highest BCUT2D eigenvalue weighted by molar-refractivity contribution is 8.18. The second-order valence-corrected chi connectivity index (χ2v) is 6.88. The van der Waals surface area contributed by atoms with Gasteiger partial charge in [0, 0.05) is 19.0 Å². The number of carbonyl (C=O) groups is 3. The Hall–Kier alpha value is -2.48. The minimum Gasteiger partial charge on any atom is -0.454 e. The lowest BCUT2D eigenvalue weighted by Gasteiger charge is -2.13. The molecule has 0 spiro atoms. The van der Waals surface area contributed by atoms with Gasteiger partial charge < -0.3 is 14.8 Å². The van der Waals surface area contributed by atoms with Crippen molar-refractivity contribution in [3.63, 3.8) is 0 Å². The van der Waals surface area contributed by atoms with Gasteiger partial charge in [-0.1, -0.05) is 19.9 Å². The van der Waals surface area contributed by atoms with Crippen LogP contribution in [0.1, 0.15) is 19.4 Å². The van der Waals surface area contributed by atoms with E-state index in [2.05, 4.69) is 5.32 Å². The third-order valence-electron chi connectivity index (χ3n) is 3.73. The number of nitrogens with one attached hydrogen (secondary N) is 1. The van der Waals surface area contributed by atoms with Crippen molar-refractivity contribution in [2.75, 3.05) is 19.9 Å². The largest absolute Gasteiger partial charge is 0.454 e. The highest BCUT2D eigenvalue weighted by atomic mass is 32.2. The maximum Gasteiger partial charge on any atom is 0.293 e. The monoisotopic (exact) mass is 362 g/mol. The number of fused-ring (bicyclic) bond motifs is 1. The average molecular weight is 362 g/mol. The smallest absolute Gasteiger partial charge is 0.293 e. The van der Waals surface area contributed by atoms with E-state index in [0.29, 0.717) is 16.4 Å². The van der Waals surface area contributed by atoms with Crippen molar-refractivity contribution < 1.29 is 23.9 Å². The molecule has 132 valence electrons. The van der Waals surface area contributed by atoms with E-state index in [1.54, 1.807) is 38.1 Å². The van der Waals surface area contributed by atoms with Crippen molar-refractivity contribution in [1.82, 2.24) is 10.2 Å². The summed E-state index contributed by atoms with van der Waals surface area (Å²) >= 11 is 0.889. The number of nitrogens with zero attached hydrogens (tertiary/aromatic N) is 1. The number of hydrogen-bond acceptors (Lipinski definition) is 6. The molecule has 0 saturated carbocycles. The number of rotatable bonds is 5. The van der Waals surface area contributed by atoms with Gasteiger partial charge in [0.25, 0.3) is 11.1 Å². The van der Waals surface area contributed by atoms with E-state index in [4.69, 9.17) is 9.47 Å². The van der Waals surface area contributed by atoms with Crippen LogP contribution >= 0.6 is 11.8 Å². The molecule has 2 aliphatic rings. The summed E-state index contributed by atoms with van der Waals surface area (Å²) in [4.78, 5) is 37.5. The van der Waals surface area contributed by atoms with Gasteiger partial charge in [-0.2, -0.15) is 0 Å². The average Bonchev–Trinajstić information content (AvgIpc) is 3.13. The molecule has 0 bridgehead atoms. The van der Waals surface area contributed by atoms with Gasteiger partial charge in [-0.05, 0) is 35.5 Å². The van der Waals surface area contributed by atoms with Crippen LogP contribution in [-0.2, 0) is 9.59 Å². The van der Waals surface area contributed by atoms with Crippen LogP contribution in [0.2, 0.25) is 0 Å². The summed E-state index contributed by atoms with van der Waals surface area (Å²) in [6.45, 7) is 4.14. The zero-order valence-electron chi connectivity index (χ0n) is 13.9. The number of thioether (sulfide) groups is 1. The van der Waals surface area contributed by atoms with E-state index in [1.165, 1.54) is 0 Å². The Kier molecular flexibility index (Phi) is 4.98. The van der Waals surface area contributed by atoms with Gasteiger partial charge in [0.05, 0.1) is 4.91 Å². The van der Waals surface area contributed by atoms with Gasteiger partial charge >= 0.3 is 0 Å². The first-order valence-electron chi connectivity index (χ1n) is 7.88. The molecule has 0 aliphatic carbocycles. The molecule has 1 saturated heterocycles. The predicted molar refractivity (Wildman–Crippen MR) is 93.1 cm³/mol. The second kappa shape index (κ2) is 7.18. The zero-order valence-corrected chi connectivity index (χ0v) is 14.7. The van der Waals surface area contributed by atoms with Crippen LogP contribution in [0.3, 0.4) is 0 Å². The molecule has 0 radical (unpaired) electrons.